The SMILES string of the molecule is CC(C)NCc1nnc(N(C)CC2CCC2)o1. The van der Waals surface area contributed by atoms with Crippen molar-refractivity contribution in [1.29, 1.82) is 0 Å². The Bertz CT molecular complexity index is 346. The highest BCUT2D eigenvalue weighted by molar-refractivity contribution is 5.22. The minimum atomic E-state index is 0.429. The fourth-order valence-electron chi connectivity index (χ4n) is 1.90. The Balaban J connectivity index is 1.83. The van der Waals surface area contributed by atoms with Crippen LogP contribution in [-0.4, -0.2) is 29.8 Å². The Morgan fingerprint density at radius 2 is 2.18 bits per heavy atom. The first-order chi connectivity index (χ1) is 8.15. The zero-order valence-electron chi connectivity index (χ0n) is 10.9. The van der Waals surface area contributed by atoms with Crippen LogP contribution in [0.4, 0.5) is 6.01 Å². The summed E-state index contributed by atoms with van der Waals surface area (Å²) < 4.78 is 5.61. The van der Waals surface area contributed by atoms with Gasteiger partial charge in [0, 0.05) is 19.6 Å². The summed E-state index contributed by atoms with van der Waals surface area (Å²) in [6.07, 6.45) is 4.03. The van der Waals surface area contributed by atoms with Gasteiger partial charge in [0.2, 0.25) is 5.89 Å². The van der Waals surface area contributed by atoms with Gasteiger partial charge in [0.25, 0.3) is 0 Å². The zero-order valence-corrected chi connectivity index (χ0v) is 10.9. The van der Waals surface area contributed by atoms with E-state index in [1.807, 2.05) is 7.05 Å². The van der Waals surface area contributed by atoms with Crippen LogP contribution >= 0.6 is 0 Å². The lowest BCUT2D eigenvalue weighted by Gasteiger charge is -2.28. The Kier molecular flexibility index (Phi) is 3.99. The van der Waals surface area contributed by atoms with Crippen molar-refractivity contribution in [3.63, 3.8) is 0 Å². The van der Waals surface area contributed by atoms with E-state index in [1.54, 1.807) is 0 Å². The van der Waals surface area contributed by atoms with Crippen molar-refractivity contribution in [2.45, 2.75) is 45.7 Å². The quantitative estimate of drug-likeness (QED) is 0.819. The van der Waals surface area contributed by atoms with E-state index < -0.39 is 0 Å². The molecule has 1 aromatic heterocycles. The minimum Gasteiger partial charge on any atom is -0.407 e. The van der Waals surface area contributed by atoms with E-state index in [2.05, 4.69) is 34.3 Å². The molecule has 0 saturated heterocycles. The van der Waals surface area contributed by atoms with Crippen LogP contribution in [0.25, 0.3) is 0 Å². The van der Waals surface area contributed by atoms with Crippen LogP contribution in [0.15, 0.2) is 4.42 Å². The number of anilines is 1. The van der Waals surface area contributed by atoms with Gasteiger partial charge in [-0.1, -0.05) is 25.4 Å². The fourth-order valence-corrected chi connectivity index (χ4v) is 1.90. The van der Waals surface area contributed by atoms with Crippen molar-refractivity contribution in [1.82, 2.24) is 15.5 Å². The third-order valence-electron chi connectivity index (χ3n) is 3.20. The molecule has 0 spiro atoms. The number of hydrogen-bond acceptors (Lipinski definition) is 5. The highest BCUT2D eigenvalue weighted by Crippen LogP contribution is 2.27. The summed E-state index contributed by atoms with van der Waals surface area (Å²) in [6, 6.07) is 1.07. The van der Waals surface area contributed by atoms with E-state index in [0.29, 0.717) is 24.5 Å². The minimum absolute atomic E-state index is 0.429. The van der Waals surface area contributed by atoms with Crippen molar-refractivity contribution in [3.8, 4) is 0 Å². The first kappa shape index (κ1) is 12.4. The van der Waals surface area contributed by atoms with Crippen LogP contribution in [-0.2, 0) is 6.54 Å². The molecule has 0 unspecified atom stereocenters. The molecule has 1 aromatic rings. The molecule has 1 saturated carbocycles. The molecule has 2 rings (SSSR count). The average molecular weight is 238 g/mol. The number of hydrogen-bond donors (Lipinski definition) is 1. The zero-order chi connectivity index (χ0) is 12.3. The van der Waals surface area contributed by atoms with E-state index in [-0.39, 0.29) is 0 Å². The molecule has 1 aliphatic rings. The summed E-state index contributed by atoms with van der Waals surface area (Å²) in [5.74, 6) is 1.47. The smallest absolute Gasteiger partial charge is 0.317 e. The molecule has 96 valence electrons. The maximum absolute atomic E-state index is 5.61. The number of rotatable bonds is 6. The molecule has 1 aliphatic carbocycles. The first-order valence-electron chi connectivity index (χ1n) is 6.42. The lowest BCUT2D eigenvalue weighted by molar-refractivity contribution is 0.315. The maximum atomic E-state index is 5.61. The number of aromatic nitrogens is 2. The monoisotopic (exact) mass is 238 g/mol. The highest BCUT2D eigenvalue weighted by atomic mass is 16.4. The van der Waals surface area contributed by atoms with E-state index in [9.17, 15) is 0 Å². The Labute approximate surface area is 103 Å². The first-order valence-corrected chi connectivity index (χ1v) is 6.42. The molecule has 1 fully saturated rings. The summed E-state index contributed by atoms with van der Waals surface area (Å²) in [6.45, 7) is 5.86. The second kappa shape index (κ2) is 5.49. The molecule has 0 aliphatic heterocycles. The topological polar surface area (TPSA) is 54.2 Å². The van der Waals surface area contributed by atoms with Crippen LogP contribution in [0.5, 0.6) is 0 Å². The van der Waals surface area contributed by atoms with Gasteiger partial charge in [-0.15, -0.1) is 5.10 Å². The van der Waals surface area contributed by atoms with Crippen LogP contribution in [0.1, 0.15) is 39.0 Å². The van der Waals surface area contributed by atoms with Gasteiger partial charge >= 0.3 is 6.01 Å². The average Bonchev–Trinajstić information content (AvgIpc) is 2.69. The van der Waals surface area contributed by atoms with Crippen molar-refractivity contribution < 1.29 is 4.42 Å². The van der Waals surface area contributed by atoms with Gasteiger partial charge in [0.15, 0.2) is 0 Å². The van der Waals surface area contributed by atoms with Gasteiger partial charge in [0.05, 0.1) is 6.54 Å². The summed E-state index contributed by atoms with van der Waals surface area (Å²) in [5.41, 5.74) is 0. The van der Waals surface area contributed by atoms with Crippen LogP contribution < -0.4 is 10.2 Å². The molecule has 5 heteroatoms. The maximum Gasteiger partial charge on any atom is 0.317 e. The Morgan fingerprint density at radius 3 is 2.76 bits per heavy atom. The van der Waals surface area contributed by atoms with E-state index >= 15 is 0 Å². The molecule has 17 heavy (non-hydrogen) atoms. The Hall–Kier alpha value is -1.10. The molecule has 1 heterocycles. The predicted octanol–water partition coefficient (Wildman–Crippen LogP) is 1.80. The molecule has 0 atom stereocenters. The second-order valence-corrected chi connectivity index (χ2v) is 5.19. The number of nitrogens with one attached hydrogen (secondary N) is 1. The van der Waals surface area contributed by atoms with E-state index in [4.69, 9.17) is 4.42 Å². The van der Waals surface area contributed by atoms with Crippen molar-refractivity contribution >= 4 is 6.01 Å². The summed E-state index contributed by atoms with van der Waals surface area (Å²) in [5, 5.41) is 11.4. The molecule has 0 amide bonds. The predicted molar refractivity (Wildman–Crippen MR) is 66.9 cm³/mol. The standard InChI is InChI=1S/C12H22N4O/c1-9(2)13-7-11-14-15-12(17-11)16(3)8-10-5-4-6-10/h9-10,13H,4-8H2,1-3H3. The van der Waals surface area contributed by atoms with Gasteiger partial charge in [0.1, 0.15) is 0 Å². The van der Waals surface area contributed by atoms with Gasteiger partial charge in [-0.3, -0.25) is 0 Å². The fraction of sp³-hybridized carbons (Fsp3) is 0.833. The van der Waals surface area contributed by atoms with E-state index in [0.717, 1.165) is 12.5 Å². The third-order valence-corrected chi connectivity index (χ3v) is 3.20. The normalized spacial score (nSPS) is 16.2. The van der Waals surface area contributed by atoms with Crippen LogP contribution in [0.3, 0.4) is 0 Å². The lowest BCUT2D eigenvalue weighted by Crippen LogP contribution is -2.29. The Morgan fingerprint density at radius 1 is 1.41 bits per heavy atom. The molecule has 0 aromatic carbocycles. The van der Waals surface area contributed by atoms with Gasteiger partial charge in [-0.05, 0) is 18.8 Å². The van der Waals surface area contributed by atoms with Crippen molar-refractivity contribution in [2.75, 3.05) is 18.5 Å². The van der Waals surface area contributed by atoms with Crippen molar-refractivity contribution in [3.05, 3.63) is 5.89 Å². The second-order valence-electron chi connectivity index (χ2n) is 5.19. The van der Waals surface area contributed by atoms with Gasteiger partial charge in [-0.2, -0.15) is 0 Å². The van der Waals surface area contributed by atoms with Crippen molar-refractivity contribution in [2.24, 2.45) is 5.92 Å². The van der Waals surface area contributed by atoms with Gasteiger partial charge in [-0.25, -0.2) is 0 Å². The van der Waals surface area contributed by atoms with Crippen LogP contribution in [0, 0.1) is 5.92 Å². The molecule has 5 nitrogen and oxygen atoms in total. The lowest BCUT2D eigenvalue weighted by atomic mass is 9.85. The number of nitrogens with zero attached hydrogens (tertiary/aromatic N) is 3. The molecular formula is C12H22N4O. The highest BCUT2D eigenvalue weighted by Gasteiger charge is 2.21. The molecule has 0 radical (unpaired) electrons. The molecule has 1 N–H and O–H groups in total. The largest absolute Gasteiger partial charge is 0.407 e. The summed E-state index contributed by atoms with van der Waals surface area (Å²) in [4.78, 5) is 2.07. The molecular weight excluding hydrogens is 216 g/mol. The van der Waals surface area contributed by atoms with Crippen LogP contribution in [0.2, 0.25) is 0 Å². The van der Waals surface area contributed by atoms with E-state index in [1.165, 1.54) is 19.3 Å². The van der Waals surface area contributed by atoms with Gasteiger partial charge < -0.3 is 14.6 Å². The summed E-state index contributed by atoms with van der Waals surface area (Å²) >= 11 is 0. The molecule has 0 bridgehead atoms. The third kappa shape index (κ3) is 3.43. The summed E-state index contributed by atoms with van der Waals surface area (Å²) in [7, 11) is 2.02.